The van der Waals surface area contributed by atoms with Gasteiger partial charge in [0.1, 0.15) is 5.75 Å². The first kappa shape index (κ1) is 16.3. The SMILES string of the molecule is C=CCN(CC=C)CC(O)c1ccc2c(c1)NC(=O)C(C)O2. The van der Waals surface area contributed by atoms with E-state index in [1.807, 2.05) is 11.0 Å². The van der Waals surface area contributed by atoms with E-state index in [9.17, 15) is 9.90 Å². The molecule has 2 N–H and O–H groups in total. The number of aliphatic hydroxyl groups is 1. The highest BCUT2D eigenvalue weighted by Crippen LogP contribution is 2.32. The van der Waals surface area contributed by atoms with Gasteiger partial charge < -0.3 is 15.2 Å². The molecule has 1 aliphatic rings. The van der Waals surface area contributed by atoms with Crippen LogP contribution in [0.5, 0.6) is 5.75 Å². The highest BCUT2D eigenvalue weighted by atomic mass is 16.5. The smallest absolute Gasteiger partial charge is 0.265 e. The van der Waals surface area contributed by atoms with Crippen LogP contribution in [0, 0.1) is 0 Å². The Morgan fingerprint density at radius 3 is 2.73 bits per heavy atom. The summed E-state index contributed by atoms with van der Waals surface area (Å²) < 4.78 is 5.51. The summed E-state index contributed by atoms with van der Waals surface area (Å²) in [6, 6.07) is 5.34. The minimum atomic E-state index is -0.665. The summed E-state index contributed by atoms with van der Waals surface area (Å²) in [6.07, 6.45) is 2.41. The predicted molar refractivity (Wildman–Crippen MR) is 87.0 cm³/mol. The van der Waals surface area contributed by atoms with Crippen LogP contribution in [-0.2, 0) is 4.79 Å². The molecule has 0 saturated carbocycles. The van der Waals surface area contributed by atoms with Gasteiger partial charge in [-0.05, 0) is 24.6 Å². The van der Waals surface area contributed by atoms with Gasteiger partial charge in [0, 0.05) is 19.6 Å². The van der Waals surface area contributed by atoms with E-state index in [0.717, 1.165) is 5.56 Å². The van der Waals surface area contributed by atoms with E-state index in [2.05, 4.69) is 18.5 Å². The third kappa shape index (κ3) is 3.75. The van der Waals surface area contributed by atoms with Gasteiger partial charge >= 0.3 is 0 Å². The van der Waals surface area contributed by atoms with Crippen LogP contribution in [0.4, 0.5) is 5.69 Å². The Kier molecular flexibility index (Phi) is 5.35. The van der Waals surface area contributed by atoms with Gasteiger partial charge in [-0.2, -0.15) is 0 Å². The fourth-order valence-corrected chi connectivity index (χ4v) is 2.37. The van der Waals surface area contributed by atoms with Crippen molar-refractivity contribution in [3.05, 3.63) is 49.1 Å². The van der Waals surface area contributed by atoms with E-state index in [1.54, 1.807) is 31.2 Å². The number of rotatable bonds is 7. The van der Waals surface area contributed by atoms with Gasteiger partial charge in [-0.15, -0.1) is 13.2 Å². The molecule has 1 heterocycles. The molecule has 1 aromatic rings. The maximum atomic E-state index is 11.7. The number of nitrogens with one attached hydrogen (secondary N) is 1. The van der Waals surface area contributed by atoms with Gasteiger partial charge in [0.05, 0.1) is 11.8 Å². The number of nitrogens with zero attached hydrogens (tertiary/aromatic N) is 1. The molecule has 0 spiro atoms. The number of ether oxygens (including phenoxy) is 1. The van der Waals surface area contributed by atoms with Crippen LogP contribution in [0.25, 0.3) is 0 Å². The lowest BCUT2D eigenvalue weighted by Gasteiger charge is -2.26. The van der Waals surface area contributed by atoms with Gasteiger partial charge in [0.15, 0.2) is 6.10 Å². The molecule has 0 radical (unpaired) electrons. The van der Waals surface area contributed by atoms with Crippen molar-refractivity contribution in [2.45, 2.75) is 19.1 Å². The van der Waals surface area contributed by atoms with Gasteiger partial charge in [-0.3, -0.25) is 9.69 Å². The normalized spacial score (nSPS) is 18.1. The lowest BCUT2D eigenvalue weighted by Crippen LogP contribution is -2.34. The molecule has 1 aromatic carbocycles. The summed E-state index contributed by atoms with van der Waals surface area (Å²) in [5.74, 6) is 0.441. The minimum absolute atomic E-state index is 0.181. The Morgan fingerprint density at radius 1 is 1.41 bits per heavy atom. The predicted octanol–water partition coefficient (Wildman–Crippen LogP) is 2.11. The van der Waals surface area contributed by atoms with Crippen molar-refractivity contribution < 1.29 is 14.6 Å². The number of amides is 1. The molecule has 0 saturated heterocycles. The third-order valence-electron chi connectivity index (χ3n) is 3.52. The zero-order valence-corrected chi connectivity index (χ0v) is 12.8. The van der Waals surface area contributed by atoms with E-state index in [1.165, 1.54) is 0 Å². The first-order valence-corrected chi connectivity index (χ1v) is 7.28. The van der Waals surface area contributed by atoms with Crippen LogP contribution in [0.2, 0.25) is 0 Å². The van der Waals surface area contributed by atoms with E-state index in [0.29, 0.717) is 31.1 Å². The van der Waals surface area contributed by atoms with Crippen molar-refractivity contribution in [3.8, 4) is 5.75 Å². The largest absolute Gasteiger partial charge is 0.479 e. The molecule has 5 nitrogen and oxygen atoms in total. The number of hydrogen-bond donors (Lipinski definition) is 2. The molecule has 0 fully saturated rings. The molecule has 5 heteroatoms. The quantitative estimate of drug-likeness (QED) is 0.757. The van der Waals surface area contributed by atoms with Crippen molar-refractivity contribution in [3.63, 3.8) is 0 Å². The minimum Gasteiger partial charge on any atom is -0.479 e. The maximum absolute atomic E-state index is 11.7. The second-order valence-electron chi connectivity index (χ2n) is 5.32. The van der Waals surface area contributed by atoms with Crippen LogP contribution in [-0.4, -0.2) is 41.7 Å². The van der Waals surface area contributed by atoms with Crippen LogP contribution in [0.1, 0.15) is 18.6 Å². The van der Waals surface area contributed by atoms with E-state index in [-0.39, 0.29) is 5.91 Å². The van der Waals surface area contributed by atoms with Crippen LogP contribution < -0.4 is 10.1 Å². The van der Waals surface area contributed by atoms with E-state index in [4.69, 9.17) is 4.74 Å². The molecule has 1 aliphatic heterocycles. The van der Waals surface area contributed by atoms with Crippen LogP contribution in [0.15, 0.2) is 43.5 Å². The molecule has 2 atom stereocenters. The number of benzene rings is 1. The lowest BCUT2D eigenvalue weighted by atomic mass is 10.1. The highest BCUT2D eigenvalue weighted by molar-refractivity contribution is 5.97. The average Bonchev–Trinajstić information content (AvgIpc) is 2.48. The summed E-state index contributed by atoms with van der Waals surface area (Å²) in [5.41, 5.74) is 1.33. The van der Waals surface area contributed by atoms with Gasteiger partial charge in [0.25, 0.3) is 5.91 Å². The van der Waals surface area contributed by atoms with Crippen molar-refractivity contribution in [2.75, 3.05) is 25.0 Å². The van der Waals surface area contributed by atoms with E-state index < -0.39 is 12.2 Å². The number of hydrogen-bond acceptors (Lipinski definition) is 4. The topological polar surface area (TPSA) is 61.8 Å². The number of carbonyl (C=O) groups is 1. The Bertz CT molecular complexity index is 561. The number of carbonyl (C=O) groups excluding carboxylic acids is 1. The van der Waals surface area contributed by atoms with Crippen molar-refractivity contribution in [1.82, 2.24) is 4.90 Å². The molecule has 2 unspecified atom stereocenters. The standard InChI is InChI=1S/C17H22N2O3/c1-4-8-19(9-5-2)11-15(20)13-6-7-16-14(10-13)18-17(21)12(3)22-16/h4-7,10,12,15,20H,1-2,8-9,11H2,3H3,(H,18,21). The molecule has 2 rings (SSSR count). The van der Waals surface area contributed by atoms with Gasteiger partial charge in [-0.1, -0.05) is 18.2 Å². The Morgan fingerprint density at radius 2 is 2.09 bits per heavy atom. The molecule has 22 heavy (non-hydrogen) atoms. The van der Waals surface area contributed by atoms with E-state index >= 15 is 0 Å². The third-order valence-corrected chi connectivity index (χ3v) is 3.52. The van der Waals surface area contributed by atoms with Gasteiger partial charge in [0.2, 0.25) is 0 Å². The maximum Gasteiger partial charge on any atom is 0.265 e. The summed E-state index contributed by atoms with van der Waals surface area (Å²) in [7, 11) is 0. The molecule has 0 aromatic heterocycles. The molecule has 0 bridgehead atoms. The number of anilines is 1. The van der Waals surface area contributed by atoms with Crippen LogP contribution in [0.3, 0.4) is 0 Å². The number of fused-ring (bicyclic) bond motifs is 1. The Hall–Kier alpha value is -2.11. The first-order chi connectivity index (χ1) is 10.5. The van der Waals surface area contributed by atoms with Crippen molar-refractivity contribution >= 4 is 11.6 Å². The Labute approximate surface area is 130 Å². The number of aliphatic hydroxyl groups excluding tert-OH is 1. The molecular formula is C17H22N2O3. The summed E-state index contributed by atoms with van der Waals surface area (Å²) in [5, 5.41) is 13.2. The zero-order valence-electron chi connectivity index (χ0n) is 12.8. The molecule has 0 aliphatic carbocycles. The summed E-state index contributed by atoms with van der Waals surface area (Å²) >= 11 is 0. The second kappa shape index (κ2) is 7.24. The second-order valence-corrected chi connectivity index (χ2v) is 5.32. The lowest BCUT2D eigenvalue weighted by molar-refractivity contribution is -0.122. The zero-order chi connectivity index (χ0) is 16.1. The summed E-state index contributed by atoms with van der Waals surface area (Å²) in [4.78, 5) is 13.7. The average molecular weight is 302 g/mol. The van der Waals surface area contributed by atoms with Crippen molar-refractivity contribution in [2.24, 2.45) is 0 Å². The summed E-state index contributed by atoms with van der Waals surface area (Å²) in [6.45, 7) is 10.9. The fourth-order valence-electron chi connectivity index (χ4n) is 2.37. The monoisotopic (exact) mass is 302 g/mol. The first-order valence-electron chi connectivity index (χ1n) is 7.28. The fraction of sp³-hybridized carbons (Fsp3) is 0.353. The highest BCUT2D eigenvalue weighted by Gasteiger charge is 2.24. The molecule has 1 amide bonds. The van der Waals surface area contributed by atoms with Crippen LogP contribution >= 0.6 is 0 Å². The van der Waals surface area contributed by atoms with Crippen molar-refractivity contribution in [1.29, 1.82) is 0 Å². The molecular weight excluding hydrogens is 280 g/mol. The van der Waals surface area contributed by atoms with Gasteiger partial charge in [-0.25, -0.2) is 0 Å². The molecule has 118 valence electrons. The Balaban J connectivity index is 2.12.